The van der Waals surface area contributed by atoms with Crippen LogP contribution in [0.2, 0.25) is 0 Å². The fourth-order valence-corrected chi connectivity index (χ4v) is 6.04. The molecule has 2 aromatic rings. The second-order valence-corrected chi connectivity index (χ2v) is 12.8. The molecular formula is C41H58O11. The molecule has 0 radical (unpaired) electrons. The van der Waals surface area contributed by atoms with Crippen LogP contribution in [0, 0.1) is 0 Å². The smallest absolute Gasteiger partial charge is 0.330 e. The number of methoxy groups -OCH3 is 5. The van der Waals surface area contributed by atoms with Crippen LogP contribution < -0.4 is 23.7 Å². The van der Waals surface area contributed by atoms with Crippen LogP contribution in [-0.2, 0) is 23.8 Å². The Kier molecular flexibility index (Phi) is 19.6. The van der Waals surface area contributed by atoms with E-state index in [-0.39, 0.29) is 30.8 Å². The third-order valence-electron chi connectivity index (χ3n) is 8.92. The molecule has 288 valence electrons. The molecule has 0 saturated carbocycles. The molecule has 0 bridgehead atoms. The van der Waals surface area contributed by atoms with Gasteiger partial charge in [-0.1, -0.05) is 62.8 Å². The molecule has 11 heteroatoms. The van der Waals surface area contributed by atoms with Crippen LogP contribution in [-0.4, -0.2) is 84.1 Å². The molecule has 0 amide bonds. The maximum atomic E-state index is 12.2. The van der Waals surface area contributed by atoms with Gasteiger partial charge in [-0.05, 0) is 54.7 Å². The number of carbonyl (C=O) groups is 2. The number of benzene rings is 2. The highest BCUT2D eigenvalue weighted by atomic mass is 16.6. The van der Waals surface area contributed by atoms with Crippen molar-refractivity contribution in [3.05, 3.63) is 53.6 Å². The zero-order valence-electron chi connectivity index (χ0n) is 31.6. The number of aliphatic hydroxyl groups is 1. The molecule has 3 atom stereocenters. The van der Waals surface area contributed by atoms with Gasteiger partial charge >= 0.3 is 11.9 Å². The number of esters is 2. The Morgan fingerprint density at radius 2 is 1.44 bits per heavy atom. The van der Waals surface area contributed by atoms with Crippen molar-refractivity contribution in [1.82, 2.24) is 0 Å². The molecule has 0 fully saturated rings. The molecule has 2 aromatic carbocycles. The van der Waals surface area contributed by atoms with Crippen LogP contribution >= 0.6 is 0 Å². The minimum absolute atomic E-state index is 0.201. The van der Waals surface area contributed by atoms with Crippen LogP contribution in [0.4, 0.5) is 0 Å². The molecule has 1 N–H and O–H groups in total. The fourth-order valence-electron chi connectivity index (χ4n) is 6.04. The lowest BCUT2D eigenvalue weighted by molar-refractivity contribution is -0.145. The van der Waals surface area contributed by atoms with E-state index < -0.39 is 6.10 Å². The number of hydrogen-bond acceptors (Lipinski definition) is 11. The molecule has 0 aliphatic carbocycles. The van der Waals surface area contributed by atoms with Crippen molar-refractivity contribution in [3.8, 4) is 28.7 Å². The van der Waals surface area contributed by atoms with Gasteiger partial charge in [-0.15, -0.1) is 0 Å². The average molecular weight is 727 g/mol. The Bertz CT molecular complexity index is 1390. The van der Waals surface area contributed by atoms with Crippen molar-refractivity contribution in [2.75, 3.05) is 48.8 Å². The molecule has 1 aliphatic rings. The van der Waals surface area contributed by atoms with E-state index in [1.807, 2.05) is 42.5 Å². The second kappa shape index (κ2) is 24.1. The van der Waals surface area contributed by atoms with Crippen molar-refractivity contribution < 1.29 is 52.6 Å². The van der Waals surface area contributed by atoms with Crippen LogP contribution in [0.5, 0.6) is 28.7 Å². The van der Waals surface area contributed by atoms with Gasteiger partial charge in [0, 0.05) is 38.9 Å². The largest absolute Gasteiger partial charge is 0.493 e. The summed E-state index contributed by atoms with van der Waals surface area (Å²) in [5, 5.41) is 10.4. The third kappa shape index (κ3) is 15.2. The summed E-state index contributed by atoms with van der Waals surface area (Å²) in [4.78, 5) is 23.6. The molecule has 0 aromatic heterocycles. The van der Waals surface area contributed by atoms with E-state index in [1.165, 1.54) is 6.08 Å². The Hall–Kier alpha value is -4.22. The maximum absolute atomic E-state index is 12.2. The average Bonchev–Trinajstić information content (AvgIpc) is 3.15. The summed E-state index contributed by atoms with van der Waals surface area (Å²) in [6.45, 7) is 0.862. The number of rotatable bonds is 26. The van der Waals surface area contributed by atoms with Gasteiger partial charge in [0.2, 0.25) is 5.75 Å². The number of unbranched alkanes of at least 4 members (excludes halogenated alkanes) is 7. The highest BCUT2D eigenvalue weighted by Crippen LogP contribution is 2.39. The van der Waals surface area contributed by atoms with E-state index in [0.717, 1.165) is 62.5 Å². The summed E-state index contributed by atoms with van der Waals surface area (Å²) in [7, 11) is 8.00. The van der Waals surface area contributed by atoms with Gasteiger partial charge in [0.15, 0.2) is 23.0 Å². The Morgan fingerprint density at radius 3 is 2.08 bits per heavy atom. The van der Waals surface area contributed by atoms with Crippen LogP contribution in [0.1, 0.15) is 94.6 Å². The molecule has 52 heavy (non-hydrogen) atoms. The van der Waals surface area contributed by atoms with Gasteiger partial charge in [0.05, 0.1) is 53.9 Å². The summed E-state index contributed by atoms with van der Waals surface area (Å²) in [5.74, 6) is 2.58. The number of hydrogen-bond donors (Lipinski definition) is 1. The first-order chi connectivity index (χ1) is 25.3. The monoisotopic (exact) mass is 726 g/mol. The molecule has 3 rings (SSSR count). The van der Waals surface area contributed by atoms with Crippen molar-refractivity contribution in [3.63, 3.8) is 0 Å². The highest BCUT2D eigenvalue weighted by Gasteiger charge is 2.22. The minimum atomic E-state index is -0.664. The standard InChI is InChI=1S/C41H58O11/c1-45-33(28-32(42)29-34-15-14-17-40(44)52-34)22-24-51-39(43)16-12-10-8-6-7-9-11-13-23-50-36-25-30(20-21-35(36)46-2)18-19-31-26-37(47-3)41(49-5)38(27-31)48-4/h14,17-21,25-27,32-34,42H,6-13,15-16,22-24,28-29H2,1-5H3/b19-18-/t32-,33+,34-/m0/s1. The van der Waals surface area contributed by atoms with Gasteiger partial charge in [-0.25, -0.2) is 4.79 Å². The lowest BCUT2D eigenvalue weighted by Gasteiger charge is -2.24. The van der Waals surface area contributed by atoms with Gasteiger partial charge in [0.25, 0.3) is 0 Å². The SMILES string of the molecule is COc1ccc(/C=C\c2cc(OC)c(OC)c(OC)c2)cc1OCCCCCCCCCCC(=O)OCC[C@H](C[C@H](O)C[C@@H]1CC=CC(=O)O1)OC. The number of carbonyl (C=O) groups excluding carboxylic acids is 2. The molecule has 11 nitrogen and oxygen atoms in total. The maximum Gasteiger partial charge on any atom is 0.330 e. The highest BCUT2D eigenvalue weighted by molar-refractivity contribution is 5.82. The van der Waals surface area contributed by atoms with Gasteiger partial charge in [-0.2, -0.15) is 0 Å². The lowest BCUT2D eigenvalue weighted by Crippen LogP contribution is -2.28. The van der Waals surface area contributed by atoms with Crippen molar-refractivity contribution in [2.45, 2.75) is 102 Å². The summed E-state index contributed by atoms with van der Waals surface area (Å²) in [6, 6.07) is 9.66. The molecule has 0 unspecified atom stereocenters. The Labute approximate surface area is 309 Å². The van der Waals surface area contributed by atoms with E-state index in [2.05, 4.69) is 0 Å². The predicted molar refractivity (Wildman–Crippen MR) is 200 cm³/mol. The van der Waals surface area contributed by atoms with E-state index in [9.17, 15) is 14.7 Å². The van der Waals surface area contributed by atoms with Crippen molar-refractivity contribution in [1.29, 1.82) is 0 Å². The minimum Gasteiger partial charge on any atom is -0.493 e. The summed E-state index contributed by atoms with van der Waals surface area (Å²) >= 11 is 0. The van der Waals surface area contributed by atoms with Gasteiger partial charge in [0.1, 0.15) is 6.10 Å². The first-order valence-electron chi connectivity index (χ1n) is 18.3. The first-order valence-corrected chi connectivity index (χ1v) is 18.3. The fraction of sp³-hybridized carbons (Fsp3) is 0.561. The van der Waals surface area contributed by atoms with Crippen molar-refractivity contribution in [2.24, 2.45) is 0 Å². The topological polar surface area (TPSA) is 128 Å². The number of aliphatic hydroxyl groups excluding tert-OH is 1. The molecular weight excluding hydrogens is 668 g/mol. The normalized spacial score (nSPS) is 15.2. The van der Waals surface area contributed by atoms with Gasteiger partial charge < -0.3 is 43.0 Å². The number of cyclic esters (lactones) is 1. The molecule has 1 aliphatic heterocycles. The lowest BCUT2D eigenvalue weighted by atomic mass is 10.0. The third-order valence-corrected chi connectivity index (χ3v) is 8.92. The summed E-state index contributed by atoms with van der Waals surface area (Å²) in [5.41, 5.74) is 1.89. The predicted octanol–water partition coefficient (Wildman–Crippen LogP) is 7.74. The van der Waals surface area contributed by atoms with E-state index in [1.54, 1.807) is 41.6 Å². The molecule has 0 spiro atoms. The van der Waals surface area contributed by atoms with Crippen molar-refractivity contribution >= 4 is 24.1 Å². The molecule has 0 saturated heterocycles. The van der Waals surface area contributed by atoms with Crippen LogP contribution in [0.15, 0.2) is 42.5 Å². The van der Waals surface area contributed by atoms with E-state index in [4.69, 9.17) is 37.9 Å². The second-order valence-electron chi connectivity index (χ2n) is 12.8. The van der Waals surface area contributed by atoms with Crippen LogP contribution in [0.25, 0.3) is 12.2 Å². The Morgan fingerprint density at radius 1 is 0.808 bits per heavy atom. The Balaban J connectivity index is 1.24. The summed E-state index contributed by atoms with van der Waals surface area (Å²) in [6.07, 6.45) is 16.5. The van der Waals surface area contributed by atoms with E-state index in [0.29, 0.717) is 67.5 Å². The molecule has 1 heterocycles. The zero-order chi connectivity index (χ0) is 37.6. The number of ether oxygens (including phenoxy) is 8. The van der Waals surface area contributed by atoms with E-state index >= 15 is 0 Å². The van der Waals surface area contributed by atoms with Crippen LogP contribution in [0.3, 0.4) is 0 Å². The zero-order valence-corrected chi connectivity index (χ0v) is 31.6. The quantitative estimate of drug-likeness (QED) is 0.0581. The van der Waals surface area contributed by atoms with Gasteiger partial charge in [-0.3, -0.25) is 4.79 Å². The first kappa shape index (κ1) is 42.2. The summed E-state index contributed by atoms with van der Waals surface area (Å²) < 4.78 is 44.0.